The number of alkyl halides is 3. The van der Waals surface area contributed by atoms with Gasteiger partial charge in [-0.25, -0.2) is 8.42 Å². The second kappa shape index (κ2) is 7.77. The molecule has 4 aromatic rings. The lowest BCUT2D eigenvalue weighted by Gasteiger charge is -2.09. The number of para-hydroxylation sites is 1. The maximum atomic E-state index is 13.5. The summed E-state index contributed by atoms with van der Waals surface area (Å²) in [6, 6.07) is 17.3. The second-order valence-electron chi connectivity index (χ2n) is 6.90. The van der Waals surface area contributed by atoms with Crippen LogP contribution in [0.1, 0.15) is 16.9 Å². The van der Waals surface area contributed by atoms with E-state index < -0.39 is 21.6 Å². The number of rotatable bonds is 5. The van der Waals surface area contributed by atoms with Crippen LogP contribution < -0.4 is 4.74 Å². The number of sulfone groups is 1. The van der Waals surface area contributed by atoms with Crippen LogP contribution in [0, 0.1) is 0 Å². The summed E-state index contributed by atoms with van der Waals surface area (Å²) in [6.45, 7) is 0. The Morgan fingerprint density at radius 3 is 2.32 bits per heavy atom. The molecular formula is C23H17F3O4S. The molecule has 1 aromatic heterocycles. The number of furan rings is 1. The van der Waals surface area contributed by atoms with Crippen molar-refractivity contribution in [2.45, 2.75) is 22.4 Å². The first-order valence-corrected chi connectivity index (χ1v) is 10.7. The second-order valence-corrected chi connectivity index (χ2v) is 8.79. The topological polar surface area (TPSA) is 56.5 Å². The highest BCUT2D eigenvalue weighted by Crippen LogP contribution is 2.36. The molecule has 160 valence electrons. The fraction of sp³-hybridized carbons (Fsp3) is 0.130. The van der Waals surface area contributed by atoms with Crippen LogP contribution in [-0.4, -0.2) is 15.5 Å². The van der Waals surface area contributed by atoms with Crippen molar-refractivity contribution >= 4 is 20.8 Å². The summed E-state index contributed by atoms with van der Waals surface area (Å²) in [5.41, 5.74) is -0.169. The third-order valence-electron chi connectivity index (χ3n) is 4.88. The third kappa shape index (κ3) is 4.03. The highest BCUT2D eigenvalue weighted by Gasteiger charge is 2.31. The third-order valence-corrected chi connectivity index (χ3v) is 6.75. The molecule has 4 rings (SSSR count). The van der Waals surface area contributed by atoms with Gasteiger partial charge in [0.1, 0.15) is 22.0 Å². The van der Waals surface area contributed by atoms with E-state index in [1.54, 1.807) is 24.3 Å². The van der Waals surface area contributed by atoms with Gasteiger partial charge in [0.25, 0.3) is 0 Å². The molecule has 0 aliphatic rings. The molecule has 0 saturated carbocycles. The lowest BCUT2D eigenvalue weighted by atomic mass is 10.1. The molecule has 8 heteroatoms. The van der Waals surface area contributed by atoms with Gasteiger partial charge < -0.3 is 9.15 Å². The molecule has 0 spiro atoms. The number of halogens is 3. The molecule has 0 amide bonds. The first kappa shape index (κ1) is 21.0. The van der Waals surface area contributed by atoms with Crippen LogP contribution in [0.5, 0.6) is 5.75 Å². The molecule has 0 atom stereocenters. The van der Waals surface area contributed by atoms with Gasteiger partial charge in [0.15, 0.2) is 0 Å². The van der Waals surface area contributed by atoms with Crippen LogP contribution in [0.3, 0.4) is 0 Å². The zero-order valence-corrected chi connectivity index (χ0v) is 17.1. The smallest absolute Gasteiger partial charge is 0.416 e. The van der Waals surface area contributed by atoms with E-state index in [0.717, 1.165) is 12.1 Å². The molecule has 0 radical (unpaired) electrons. The van der Waals surface area contributed by atoms with Crippen molar-refractivity contribution in [1.29, 1.82) is 0 Å². The van der Waals surface area contributed by atoms with Gasteiger partial charge in [0.05, 0.1) is 17.6 Å². The van der Waals surface area contributed by atoms with Gasteiger partial charge in [-0.3, -0.25) is 0 Å². The predicted molar refractivity (Wildman–Crippen MR) is 109 cm³/mol. The summed E-state index contributed by atoms with van der Waals surface area (Å²) in [6.07, 6.45) is -4.61. The zero-order valence-electron chi connectivity index (χ0n) is 16.3. The fourth-order valence-corrected chi connectivity index (χ4v) is 5.00. The van der Waals surface area contributed by atoms with Gasteiger partial charge in [-0.15, -0.1) is 0 Å². The zero-order chi connectivity index (χ0) is 22.2. The minimum absolute atomic E-state index is 0.0325. The summed E-state index contributed by atoms with van der Waals surface area (Å²) < 4.78 is 77.1. The summed E-state index contributed by atoms with van der Waals surface area (Å²) in [4.78, 5) is -0.0178. The summed E-state index contributed by atoms with van der Waals surface area (Å²) >= 11 is 0. The summed E-state index contributed by atoms with van der Waals surface area (Å²) in [7, 11) is -2.54. The van der Waals surface area contributed by atoms with Crippen LogP contribution in [0.15, 0.2) is 87.0 Å². The van der Waals surface area contributed by atoms with Crippen molar-refractivity contribution in [3.63, 3.8) is 0 Å². The first-order valence-electron chi connectivity index (χ1n) is 9.26. The van der Waals surface area contributed by atoms with Gasteiger partial charge in [-0.1, -0.05) is 30.3 Å². The number of fused-ring (bicyclic) bond motifs is 1. The van der Waals surface area contributed by atoms with Crippen LogP contribution >= 0.6 is 0 Å². The number of hydrogen-bond donors (Lipinski definition) is 0. The molecule has 0 fully saturated rings. The number of benzene rings is 3. The van der Waals surface area contributed by atoms with E-state index in [2.05, 4.69) is 0 Å². The predicted octanol–water partition coefficient (Wildman–Crippen LogP) is 5.88. The van der Waals surface area contributed by atoms with Crippen molar-refractivity contribution in [2.24, 2.45) is 0 Å². The maximum absolute atomic E-state index is 13.5. The van der Waals surface area contributed by atoms with Crippen molar-refractivity contribution in [1.82, 2.24) is 0 Å². The molecule has 3 aromatic carbocycles. The fourth-order valence-electron chi connectivity index (χ4n) is 3.40. The molecule has 0 aliphatic carbocycles. The number of ether oxygens (including phenoxy) is 1. The highest BCUT2D eigenvalue weighted by atomic mass is 32.2. The Kier molecular flexibility index (Phi) is 5.26. The molecule has 0 aliphatic heterocycles. The van der Waals surface area contributed by atoms with Crippen LogP contribution in [0.25, 0.3) is 11.0 Å². The van der Waals surface area contributed by atoms with E-state index in [1.165, 1.54) is 43.5 Å². The molecule has 0 unspecified atom stereocenters. The van der Waals surface area contributed by atoms with E-state index in [-0.39, 0.29) is 22.0 Å². The molecule has 0 N–H and O–H groups in total. The summed E-state index contributed by atoms with van der Waals surface area (Å²) in [5.74, 6) is 0.580. The Hall–Kier alpha value is -3.26. The quantitative estimate of drug-likeness (QED) is 0.384. The SMILES string of the molecule is COc1ccc(S(=O)(=O)c2c(Cc3cccc(C(F)(F)F)c3)oc3ccccc23)cc1. The Balaban J connectivity index is 1.85. The molecular weight excluding hydrogens is 429 g/mol. The van der Waals surface area contributed by atoms with Gasteiger partial charge in [-0.2, -0.15) is 13.2 Å². The van der Waals surface area contributed by atoms with E-state index >= 15 is 0 Å². The maximum Gasteiger partial charge on any atom is 0.416 e. The molecule has 0 saturated heterocycles. The standard InChI is InChI=1S/C23H17F3O4S/c1-29-17-9-11-18(12-10-17)31(27,28)22-19-7-2-3-8-20(19)30-21(22)14-15-5-4-6-16(13-15)23(24,25)26/h2-13H,14H2,1H3. The van der Waals surface area contributed by atoms with Crippen LogP contribution in [0.2, 0.25) is 0 Å². The van der Waals surface area contributed by atoms with Gasteiger partial charge in [0, 0.05) is 11.8 Å². The van der Waals surface area contributed by atoms with E-state index in [9.17, 15) is 21.6 Å². The average molecular weight is 446 g/mol. The van der Waals surface area contributed by atoms with E-state index in [0.29, 0.717) is 22.3 Å². The Bertz CT molecular complexity index is 1340. The van der Waals surface area contributed by atoms with E-state index in [1.807, 2.05) is 0 Å². The average Bonchev–Trinajstić information content (AvgIpc) is 3.12. The van der Waals surface area contributed by atoms with Gasteiger partial charge in [-0.05, 0) is 48.0 Å². The van der Waals surface area contributed by atoms with Crippen LogP contribution in [0.4, 0.5) is 13.2 Å². The Morgan fingerprint density at radius 2 is 1.65 bits per heavy atom. The van der Waals surface area contributed by atoms with Gasteiger partial charge in [0.2, 0.25) is 9.84 Å². The normalized spacial score (nSPS) is 12.3. The molecule has 1 heterocycles. The van der Waals surface area contributed by atoms with Crippen LogP contribution in [-0.2, 0) is 22.4 Å². The van der Waals surface area contributed by atoms with Crippen molar-refractivity contribution in [3.8, 4) is 5.75 Å². The minimum Gasteiger partial charge on any atom is -0.497 e. The molecule has 4 nitrogen and oxygen atoms in total. The van der Waals surface area contributed by atoms with Crippen molar-refractivity contribution < 1.29 is 30.7 Å². The van der Waals surface area contributed by atoms with Crippen molar-refractivity contribution in [3.05, 3.63) is 89.7 Å². The monoisotopic (exact) mass is 446 g/mol. The molecule has 31 heavy (non-hydrogen) atoms. The summed E-state index contributed by atoms with van der Waals surface area (Å²) in [5, 5.41) is 0.375. The number of hydrogen-bond acceptors (Lipinski definition) is 4. The van der Waals surface area contributed by atoms with E-state index in [4.69, 9.17) is 9.15 Å². The lowest BCUT2D eigenvalue weighted by Crippen LogP contribution is -2.07. The van der Waals surface area contributed by atoms with Crippen molar-refractivity contribution in [2.75, 3.05) is 7.11 Å². The highest BCUT2D eigenvalue weighted by molar-refractivity contribution is 7.91. The minimum atomic E-state index is -4.50. The Morgan fingerprint density at radius 1 is 0.935 bits per heavy atom. The van der Waals surface area contributed by atoms with Gasteiger partial charge >= 0.3 is 6.18 Å². The Labute approximate surface area is 176 Å². The largest absolute Gasteiger partial charge is 0.497 e. The first-order chi connectivity index (χ1) is 14.7. The lowest BCUT2D eigenvalue weighted by molar-refractivity contribution is -0.137. The number of methoxy groups -OCH3 is 1. The molecule has 0 bridgehead atoms.